The van der Waals surface area contributed by atoms with Crippen LogP contribution in [0.3, 0.4) is 0 Å². The Bertz CT molecular complexity index is 318. The Labute approximate surface area is 75.0 Å². The van der Waals surface area contributed by atoms with Gasteiger partial charge in [0.2, 0.25) is 11.9 Å². The Morgan fingerprint density at radius 2 is 2.46 bits per heavy atom. The Balaban J connectivity index is 2.58. The molecule has 13 heavy (non-hydrogen) atoms. The van der Waals surface area contributed by atoms with Gasteiger partial charge < -0.3 is 4.74 Å². The molecule has 0 saturated carbocycles. The normalized spacial score (nSPS) is 10.3. The number of methoxy groups -OCH3 is 1. The summed E-state index contributed by atoms with van der Waals surface area (Å²) in [5, 5.41) is 8.61. The first-order valence-corrected chi connectivity index (χ1v) is 3.66. The molecule has 0 aliphatic carbocycles. The molecule has 1 aromatic heterocycles. The van der Waals surface area contributed by atoms with E-state index in [0.717, 1.165) is 0 Å². The van der Waals surface area contributed by atoms with Crippen molar-refractivity contribution in [3.8, 4) is 6.01 Å². The van der Waals surface area contributed by atoms with Gasteiger partial charge in [-0.1, -0.05) is 6.08 Å². The van der Waals surface area contributed by atoms with Crippen LogP contribution in [0.1, 0.15) is 6.92 Å². The lowest BCUT2D eigenvalue weighted by Crippen LogP contribution is -2.08. The van der Waals surface area contributed by atoms with Crippen molar-refractivity contribution in [2.75, 3.05) is 12.4 Å². The third-order valence-corrected chi connectivity index (χ3v) is 1.21. The molecule has 0 atom stereocenters. The lowest BCUT2D eigenvalue weighted by atomic mass is 10.5. The van der Waals surface area contributed by atoms with E-state index >= 15 is 0 Å². The Hall–Kier alpha value is -1.85. The van der Waals surface area contributed by atoms with E-state index in [4.69, 9.17) is 4.74 Å². The van der Waals surface area contributed by atoms with Crippen molar-refractivity contribution in [2.24, 2.45) is 0 Å². The maximum atomic E-state index is 11.0. The summed E-state index contributed by atoms with van der Waals surface area (Å²) < 4.78 is 4.71. The standard InChI is InChI=1S/C7H10N4O2/c1-3-4-5(12)8-6-9-7(13-2)11-10-6/h3-4H,1-2H3,(H2,8,9,10,11,12)/b4-3+. The van der Waals surface area contributed by atoms with Crippen molar-refractivity contribution in [3.63, 3.8) is 0 Å². The molecule has 0 fully saturated rings. The van der Waals surface area contributed by atoms with E-state index in [9.17, 15) is 4.79 Å². The lowest BCUT2D eigenvalue weighted by molar-refractivity contribution is -0.111. The van der Waals surface area contributed by atoms with E-state index in [1.54, 1.807) is 13.0 Å². The highest BCUT2D eigenvalue weighted by Crippen LogP contribution is 2.03. The van der Waals surface area contributed by atoms with Crippen LogP contribution in [0, 0.1) is 0 Å². The first kappa shape index (κ1) is 9.24. The molecule has 70 valence electrons. The number of aromatic amines is 1. The molecule has 0 aliphatic heterocycles. The molecule has 0 aromatic carbocycles. The van der Waals surface area contributed by atoms with Crippen LogP contribution in [0.5, 0.6) is 6.01 Å². The van der Waals surface area contributed by atoms with E-state index in [1.165, 1.54) is 13.2 Å². The number of carbonyl (C=O) groups is 1. The number of hydrogen-bond acceptors (Lipinski definition) is 4. The summed E-state index contributed by atoms with van der Waals surface area (Å²) in [5.74, 6) is 0.00116. The molecule has 1 rings (SSSR count). The summed E-state index contributed by atoms with van der Waals surface area (Å²) >= 11 is 0. The Kier molecular flexibility index (Phi) is 3.02. The Morgan fingerprint density at radius 1 is 1.69 bits per heavy atom. The zero-order valence-corrected chi connectivity index (χ0v) is 7.37. The number of aromatic nitrogens is 3. The van der Waals surface area contributed by atoms with Crippen molar-refractivity contribution < 1.29 is 9.53 Å². The highest BCUT2D eigenvalue weighted by Gasteiger charge is 2.03. The fourth-order valence-corrected chi connectivity index (χ4v) is 0.703. The number of carbonyl (C=O) groups excluding carboxylic acids is 1. The maximum Gasteiger partial charge on any atom is 0.336 e. The average Bonchev–Trinajstić information content (AvgIpc) is 2.52. The molecule has 0 spiro atoms. The van der Waals surface area contributed by atoms with Gasteiger partial charge in [0.25, 0.3) is 0 Å². The second kappa shape index (κ2) is 4.24. The number of nitrogens with zero attached hydrogens (tertiary/aromatic N) is 2. The van der Waals surface area contributed by atoms with Gasteiger partial charge in [-0.05, 0) is 13.0 Å². The largest absolute Gasteiger partial charge is 0.466 e. The maximum absolute atomic E-state index is 11.0. The van der Waals surface area contributed by atoms with Crippen LogP contribution in [-0.2, 0) is 4.79 Å². The summed E-state index contributed by atoms with van der Waals surface area (Å²) in [6.07, 6.45) is 3.01. The average molecular weight is 182 g/mol. The highest BCUT2D eigenvalue weighted by molar-refractivity contribution is 5.97. The van der Waals surface area contributed by atoms with E-state index in [-0.39, 0.29) is 17.9 Å². The highest BCUT2D eigenvalue weighted by atomic mass is 16.5. The third-order valence-electron chi connectivity index (χ3n) is 1.21. The van der Waals surface area contributed by atoms with E-state index in [1.807, 2.05) is 0 Å². The fraction of sp³-hybridized carbons (Fsp3) is 0.286. The van der Waals surface area contributed by atoms with Gasteiger partial charge in [0.05, 0.1) is 7.11 Å². The summed E-state index contributed by atoms with van der Waals surface area (Å²) in [6.45, 7) is 1.75. The summed E-state index contributed by atoms with van der Waals surface area (Å²) in [7, 11) is 1.45. The number of nitrogens with one attached hydrogen (secondary N) is 2. The van der Waals surface area contributed by atoms with Gasteiger partial charge >= 0.3 is 6.01 Å². The number of ether oxygens (including phenoxy) is 1. The SMILES string of the molecule is C/C=C/C(=O)Nc1nc(OC)n[nH]1. The van der Waals surface area contributed by atoms with Gasteiger partial charge in [-0.3, -0.25) is 10.1 Å². The molecule has 6 heteroatoms. The number of rotatable bonds is 3. The van der Waals surface area contributed by atoms with E-state index in [2.05, 4.69) is 20.5 Å². The van der Waals surface area contributed by atoms with Gasteiger partial charge in [0.1, 0.15) is 0 Å². The van der Waals surface area contributed by atoms with Crippen LogP contribution in [0.15, 0.2) is 12.2 Å². The van der Waals surface area contributed by atoms with Gasteiger partial charge in [-0.15, -0.1) is 5.10 Å². The minimum atomic E-state index is -0.263. The summed E-state index contributed by atoms with van der Waals surface area (Å²) in [5.41, 5.74) is 0. The summed E-state index contributed by atoms with van der Waals surface area (Å²) in [6, 6.07) is 0.191. The zero-order valence-electron chi connectivity index (χ0n) is 7.37. The summed E-state index contributed by atoms with van der Waals surface area (Å²) in [4.78, 5) is 14.8. The smallest absolute Gasteiger partial charge is 0.336 e. The molecule has 1 heterocycles. The number of anilines is 1. The van der Waals surface area contributed by atoms with Gasteiger partial charge in [-0.2, -0.15) is 4.98 Å². The van der Waals surface area contributed by atoms with Crippen LogP contribution in [-0.4, -0.2) is 28.2 Å². The number of amides is 1. The van der Waals surface area contributed by atoms with Crippen molar-refractivity contribution in [1.82, 2.24) is 15.2 Å². The second-order valence-corrected chi connectivity index (χ2v) is 2.16. The lowest BCUT2D eigenvalue weighted by Gasteiger charge is -1.93. The van der Waals surface area contributed by atoms with E-state index in [0.29, 0.717) is 0 Å². The number of allylic oxidation sites excluding steroid dienone is 1. The molecule has 2 N–H and O–H groups in total. The van der Waals surface area contributed by atoms with Crippen LogP contribution in [0.2, 0.25) is 0 Å². The molecule has 0 aliphatic rings. The van der Waals surface area contributed by atoms with Crippen molar-refractivity contribution in [3.05, 3.63) is 12.2 Å². The minimum Gasteiger partial charge on any atom is -0.466 e. The zero-order chi connectivity index (χ0) is 9.68. The monoisotopic (exact) mass is 182 g/mol. The van der Waals surface area contributed by atoms with Crippen LogP contribution >= 0.6 is 0 Å². The van der Waals surface area contributed by atoms with Crippen molar-refractivity contribution in [2.45, 2.75) is 6.92 Å². The van der Waals surface area contributed by atoms with Gasteiger partial charge in [0, 0.05) is 0 Å². The predicted molar refractivity (Wildman–Crippen MR) is 46.4 cm³/mol. The molecule has 1 aromatic rings. The van der Waals surface area contributed by atoms with Crippen LogP contribution in [0.4, 0.5) is 5.95 Å². The minimum absolute atomic E-state index is 0.191. The van der Waals surface area contributed by atoms with Crippen LogP contribution in [0.25, 0.3) is 0 Å². The first-order valence-electron chi connectivity index (χ1n) is 3.66. The second-order valence-electron chi connectivity index (χ2n) is 2.16. The Morgan fingerprint density at radius 3 is 3.00 bits per heavy atom. The molecular formula is C7H10N4O2. The number of hydrogen-bond donors (Lipinski definition) is 2. The van der Waals surface area contributed by atoms with Gasteiger partial charge in [-0.25, -0.2) is 5.10 Å². The quantitative estimate of drug-likeness (QED) is 0.660. The van der Waals surface area contributed by atoms with Crippen LogP contribution < -0.4 is 10.1 Å². The van der Waals surface area contributed by atoms with Gasteiger partial charge in [0.15, 0.2) is 0 Å². The van der Waals surface area contributed by atoms with E-state index < -0.39 is 0 Å². The molecule has 6 nitrogen and oxygen atoms in total. The molecule has 0 radical (unpaired) electrons. The third kappa shape index (κ3) is 2.58. The molecule has 0 unspecified atom stereocenters. The molecular weight excluding hydrogens is 172 g/mol. The van der Waals surface area contributed by atoms with Crippen molar-refractivity contribution in [1.29, 1.82) is 0 Å². The van der Waals surface area contributed by atoms with Crippen molar-refractivity contribution >= 4 is 11.9 Å². The predicted octanol–water partition coefficient (Wildman–Crippen LogP) is 0.328. The number of H-pyrrole nitrogens is 1. The first-order chi connectivity index (χ1) is 6.26. The molecule has 0 saturated heterocycles. The molecule has 1 amide bonds. The molecule has 0 bridgehead atoms. The fourth-order valence-electron chi connectivity index (χ4n) is 0.703. The topological polar surface area (TPSA) is 79.9 Å².